The second kappa shape index (κ2) is 10.4. The first-order chi connectivity index (χ1) is 16.6. The Morgan fingerprint density at radius 3 is 2.63 bits per heavy atom. The normalized spacial score (nSPS) is 38.5. The van der Waals surface area contributed by atoms with Gasteiger partial charge in [-0.15, -0.1) is 0 Å². The topological polar surface area (TPSA) is 87.0 Å². The molecule has 4 fully saturated rings. The molecular formula is C30H44O5. The van der Waals surface area contributed by atoms with Crippen molar-refractivity contribution >= 4 is 5.97 Å². The average Bonchev–Trinajstić information content (AvgIpc) is 3.55. The lowest BCUT2D eigenvalue weighted by Gasteiger charge is -2.44. The fourth-order valence-corrected chi connectivity index (χ4v) is 7.24. The molecule has 0 aromatic heterocycles. The zero-order valence-electron chi connectivity index (χ0n) is 21.7. The number of carbonyl (C=O) groups excluding carboxylic acids is 1. The van der Waals surface area contributed by atoms with Gasteiger partial charge in [-0.25, -0.2) is 0 Å². The van der Waals surface area contributed by atoms with Gasteiger partial charge in [0.1, 0.15) is 0 Å². The van der Waals surface area contributed by atoms with E-state index in [9.17, 15) is 20.1 Å². The Labute approximate surface area is 210 Å². The highest BCUT2D eigenvalue weighted by Gasteiger charge is 2.56. The molecule has 4 saturated carbocycles. The van der Waals surface area contributed by atoms with Crippen molar-refractivity contribution in [1.82, 2.24) is 0 Å². The van der Waals surface area contributed by atoms with Crippen LogP contribution in [0.1, 0.15) is 78.6 Å². The molecular weight excluding hydrogens is 440 g/mol. The maximum absolute atomic E-state index is 12.3. The first-order valence-electron chi connectivity index (χ1n) is 13.6. The summed E-state index contributed by atoms with van der Waals surface area (Å²) in [4.78, 5) is 12.3. The predicted octanol–water partition coefficient (Wildman–Crippen LogP) is 5.02. The summed E-state index contributed by atoms with van der Waals surface area (Å²) in [6, 6.07) is 0. The van der Waals surface area contributed by atoms with Gasteiger partial charge in [-0.2, -0.15) is 0 Å². The average molecular weight is 485 g/mol. The van der Waals surface area contributed by atoms with Crippen LogP contribution in [0, 0.1) is 28.6 Å². The fraction of sp³-hybridized carbons (Fsp3) is 0.700. The second-order valence-electron chi connectivity index (χ2n) is 11.7. The molecule has 3 N–H and O–H groups in total. The number of ether oxygens (including phenoxy) is 1. The molecule has 0 spiro atoms. The Hall–Kier alpha value is -1.69. The molecule has 0 heterocycles. The minimum atomic E-state index is -0.781. The third-order valence-corrected chi connectivity index (χ3v) is 9.57. The Balaban J connectivity index is 1.45. The molecule has 0 amide bonds. The third kappa shape index (κ3) is 5.10. The number of hydrogen-bond donors (Lipinski definition) is 3. The number of allylic oxidation sites excluding steroid dienone is 4. The summed E-state index contributed by atoms with van der Waals surface area (Å²) >= 11 is 0. The molecule has 4 rings (SSSR count). The number of carbonyl (C=O) groups is 1. The zero-order valence-corrected chi connectivity index (χ0v) is 21.7. The third-order valence-electron chi connectivity index (χ3n) is 9.57. The number of hydrogen-bond acceptors (Lipinski definition) is 5. The summed E-state index contributed by atoms with van der Waals surface area (Å²) in [5, 5.41) is 31.0. The molecule has 194 valence electrons. The summed E-state index contributed by atoms with van der Waals surface area (Å²) < 4.78 is 5.20. The predicted molar refractivity (Wildman–Crippen MR) is 137 cm³/mol. The van der Waals surface area contributed by atoms with Crippen LogP contribution in [0.15, 0.2) is 47.6 Å². The summed E-state index contributed by atoms with van der Waals surface area (Å²) in [6.07, 6.45) is 14.5. The zero-order chi connectivity index (χ0) is 25.4. The van der Waals surface area contributed by atoms with Gasteiger partial charge in [0.05, 0.1) is 30.3 Å². The number of rotatable bonds is 7. The molecule has 5 heteroatoms. The molecule has 7 atom stereocenters. The highest BCUT2D eigenvalue weighted by Crippen LogP contribution is 2.59. The second-order valence-corrected chi connectivity index (χ2v) is 11.7. The number of aliphatic hydroxyl groups is 3. The van der Waals surface area contributed by atoms with Crippen LogP contribution in [0.25, 0.3) is 0 Å². The number of esters is 1. The van der Waals surface area contributed by atoms with E-state index in [0.717, 1.165) is 36.8 Å². The van der Waals surface area contributed by atoms with Gasteiger partial charge in [-0.1, -0.05) is 50.3 Å². The lowest BCUT2D eigenvalue weighted by Crippen LogP contribution is -2.36. The van der Waals surface area contributed by atoms with Crippen molar-refractivity contribution < 1.29 is 24.9 Å². The van der Waals surface area contributed by atoms with E-state index in [1.54, 1.807) is 6.92 Å². The van der Waals surface area contributed by atoms with Crippen LogP contribution in [0.4, 0.5) is 0 Å². The van der Waals surface area contributed by atoms with Crippen LogP contribution >= 0.6 is 0 Å². The Kier molecular flexibility index (Phi) is 7.80. The van der Waals surface area contributed by atoms with Crippen molar-refractivity contribution in [1.29, 1.82) is 0 Å². The Bertz CT molecular complexity index is 910. The summed E-state index contributed by atoms with van der Waals surface area (Å²) in [7, 11) is 0. The van der Waals surface area contributed by atoms with Crippen molar-refractivity contribution in [3.8, 4) is 0 Å². The van der Waals surface area contributed by atoms with Crippen molar-refractivity contribution in [2.24, 2.45) is 28.6 Å². The van der Waals surface area contributed by atoms with Gasteiger partial charge in [-0.05, 0) is 92.6 Å². The molecule has 0 unspecified atom stereocenters. The van der Waals surface area contributed by atoms with Gasteiger partial charge in [0, 0.05) is 6.42 Å². The van der Waals surface area contributed by atoms with Crippen LogP contribution in [0.3, 0.4) is 0 Å². The molecule has 0 aliphatic heterocycles. The van der Waals surface area contributed by atoms with Crippen molar-refractivity contribution in [2.75, 3.05) is 6.61 Å². The smallest absolute Gasteiger partial charge is 0.315 e. The quantitative estimate of drug-likeness (QED) is 0.349. The maximum atomic E-state index is 12.3. The lowest BCUT2D eigenvalue weighted by molar-refractivity contribution is -0.153. The van der Waals surface area contributed by atoms with Gasteiger partial charge >= 0.3 is 5.97 Å². The summed E-state index contributed by atoms with van der Waals surface area (Å²) in [5.41, 5.74) is 2.66. The highest BCUT2D eigenvalue weighted by molar-refractivity contribution is 5.81. The molecule has 4 aliphatic carbocycles. The first-order valence-corrected chi connectivity index (χ1v) is 13.6. The monoisotopic (exact) mass is 484 g/mol. The Morgan fingerprint density at radius 1 is 1.20 bits per heavy atom. The van der Waals surface area contributed by atoms with Crippen LogP contribution in [0.5, 0.6) is 0 Å². The minimum Gasteiger partial charge on any atom is -0.465 e. The van der Waals surface area contributed by atoms with Gasteiger partial charge in [-0.3, -0.25) is 4.79 Å². The van der Waals surface area contributed by atoms with Crippen LogP contribution in [-0.2, 0) is 9.53 Å². The minimum absolute atomic E-state index is 0.207. The van der Waals surface area contributed by atoms with E-state index >= 15 is 0 Å². The largest absolute Gasteiger partial charge is 0.465 e. The molecule has 0 aromatic carbocycles. The molecule has 4 aliphatic rings. The molecule has 0 radical (unpaired) electrons. The van der Waals surface area contributed by atoms with E-state index in [1.165, 1.54) is 12.0 Å². The lowest BCUT2D eigenvalue weighted by atomic mass is 9.61. The van der Waals surface area contributed by atoms with Crippen molar-refractivity contribution in [3.05, 3.63) is 47.6 Å². The van der Waals surface area contributed by atoms with Crippen LogP contribution in [-0.4, -0.2) is 46.2 Å². The maximum Gasteiger partial charge on any atom is 0.315 e. The van der Waals surface area contributed by atoms with E-state index < -0.39 is 23.7 Å². The number of aliphatic hydroxyl groups excluding tert-OH is 3. The van der Waals surface area contributed by atoms with E-state index in [-0.39, 0.29) is 11.4 Å². The van der Waals surface area contributed by atoms with Crippen molar-refractivity contribution in [2.45, 2.75) is 96.9 Å². The fourth-order valence-electron chi connectivity index (χ4n) is 7.24. The molecule has 35 heavy (non-hydrogen) atoms. The van der Waals surface area contributed by atoms with Crippen LogP contribution < -0.4 is 0 Å². The Morgan fingerprint density at radius 2 is 1.94 bits per heavy atom. The van der Waals surface area contributed by atoms with E-state index in [2.05, 4.69) is 38.7 Å². The number of fused-ring (bicyclic) bond motifs is 1. The van der Waals surface area contributed by atoms with Gasteiger partial charge in [0.25, 0.3) is 0 Å². The van der Waals surface area contributed by atoms with Gasteiger partial charge < -0.3 is 20.1 Å². The van der Waals surface area contributed by atoms with Crippen molar-refractivity contribution in [3.63, 3.8) is 0 Å². The van der Waals surface area contributed by atoms with Gasteiger partial charge in [0.2, 0.25) is 0 Å². The highest BCUT2D eigenvalue weighted by atomic mass is 16.5. The first kappa shape index (κ1) is 26.4. The van der Waals surface area contributed by atoms with E-state index in [1.807, 2.05) is 6.08 Å². The molecule has 5 nitrogen and oxygen atoms in total. The van der Waals surface area contributed by atoms with Crippen LogP contribution in [0.2, 0.25) is 0 Å². The van der Waals surface area contributed by atoms with E-state index in [0.29, 0.717) is 50.0 Å². The standard InChI is InChI=1S/C30H44O5/c1-5-35-28(34)30(15-16-30)27(33)13-8-19(2)24-11-12-25-21(7-6-14-29(24,25)4)9-10-22-17-23(31)18-26(32)20(22)3/h8-10,13,19,23-27,31-33H,3,5-7,11-12,14-18H2,1-2,4H3/t19-,23-,24-,25+,26+,27+,29-/m1/s1. The van der Waals surface area contributed by atoms with Gasteiger partial charge in [0.15, 0.2) is 0 Å². The summed E-state index contributed by atoms with van der Waals surface area (Å²) in [5.74, 6) is 1.10. The SMILES string of the molecule is C=C1C(=CC=C2CCC[C@]3(C)[C@@H]([C@H](C)C=C[C@H](O)C4(C(=O)OCC)CC4)CC[C@@H]23)C[C@@H](O)C[C@@H]1O. The van der Waals surface area contributed by atoms with E-state index in [4.69, 9.17) is 4.74 Å². The molecule has 0 saturated heterocycles. The molecule has 0 bridgehead atoms. The summed E-state index contributed by atoms with van der Waals surface area (Å²) in [6.45, 7) is 10.9. The molecule has 0 aromatic rings.